The maximum atomic E-state index is 12.6. The van der Waals surface area contributed by atoms with E-state index in [9.17, 15) is 4.79 Å². The fraction of sp³-hybridized carbons (Fsp3) is 0.174. The summed E-state index contributed by atoms with van der Waals surface area (Å²) >= 11 is 7.33. The quantitative estimate of drug-likeness (QED) is 0.332. The zero-order valence-electron chi connectivity index (χ0n) is 17.3. The summed E-state index contributed by atoms with van der Waals surface area (Å²) in [6.45, 7) is 2.86. The van der Waals surface area contributed by atoms with Crippen molar-refractivity contribution in [1.29, 1.82) is 0 Å². The van der Waals surface area contributed by atoms with Crippen LogP contribution in [0.3, 0.4) is 0 Å². The summed E-state index contributed by atoms with van der Waals surface area (Å²) in [6.07, 6.45) is 1.62. The van der Waals surface area contributed by atoms with Crippen molar-refractivity contribution >= 4 is 35.0 Å². The van der Waals surface area contributed by atoms with Crippen molar-refractivity contribution in [2.24, 2.45) is 0 Å². The molecule has 2 heterocycles. The lowest BCUT2D eigenvalue weighted by atomic mass is 10.2. The van der Waals surface area contributed by atoms with E-state index in [-0.39, 0.29) is 11.7 Å². The number of halogens is 1. The number of amides is 1. The number of furan rings is 1. The van der Waals surface area contributed by atoms with Crippen LogP contribution in [0.15, 0.2) is 76.5 Å². The van der Waals surface area contributed by atoms with Crippen LogP contribution >= 0.6 is 23.4 Å². The van der Waals surface area contributed by atoms with E-state index in [1.165, 1.54) is 11.8 Å². The smallest absolute Gasteiger partial charge is 0.234 e. The third-order valence-corrected chi connectivity index (χ3v) is 5.73. The van der Waals surface area contributed by atoms with Crippen LogP contribution in [-0.2, 0) is 11.3 Å². The summed E-state index contributed by atoms with van der Waals surface area (Å²) < 4.78 is 13.0. The van der Waals surface area contributed by atoms with Crippen LogP contribution in [0.1, 0.15) is 12.7 Å². The van der Waals surface area contributed by atoms with Crippen LogP contribution in [0.2, 0.25) is 5.02 Å². The van der Waals surface area contributed by atoms with Crippen molar-refractivity contribution in [2.45, 2.75) is 18.6 Å². The highest BCUT2D eigenvalue weighted by Crippen LogP contribution is 2.27. The van der Waals surface area contributed by atoms with Gasteiger partial charge in [0.25, 0.3) is 0 Å². The molecule has 32 heavy (non-hydrogen) atoms. The fourth-order valence-electron chi connectivity index (χ4n) is 3.08. The average Bonchev–Trinajstić information content (AvgIpc) is 3.45. The van der Waals surface area contributed by atoms with Gasteiger partial charge in [0.1, 0.15) is 11.5 Å². The highest BCUT2D eigenvalue weighted by atomic mass is 35.5. The Bertz CT molecular complexity index is 1180. The maximum absolute atomic E-state index is 12.6. The van der Waals surface area contributed by atoms with Gasteiger partial charge in [0.2, 0.25) is 5.91 Å². The summed E-state index contributed by atoms with van der Waals surface area (Å²) in [7, 11) is 0. The molecule has 4 aromatic rings. The van der Waals surface area contributed by atoms with E-state index in [1.807, 2.05) is 60.0 Å². The van der Waals surface area contributed by atoms with Gasteiger partial charge in [-0.15, -0.1) is 10.2 Å². The molecule has 0 atom stereocenters. The lowest BCUT2D eigenvalue weighted by molar-refractivity contribution is -0.113. The lowest BCUT2D eigenvalue weighted by Gasteiger charge is -2.11. The molecule has 1 amide bonds. The van der Waals surface area contributed by atoms with Crippen LogP contribution in [0.4, 0.5) is 5.69 Å². The van der Waals surface area contributed by atoms with Gasteiger partial charge in [-0.2, -0.15) is 0 Å². The van der Waals surface area contributed by atoms with Gasteiger partial charge in [-0.25, -0.2) is 0 Å². The molecule has 7 nitrogen and oxygen atoms in total. The second kappa shape index (κ2) is 10.4. The molecule has 1 N–H and O–H groups in total. The van der Waals surface area contributed by atoms with Crippen LogP contribution in [0.5, 0.6) is 5.75 Å². The monoisotopic (exact) mass is 468 g/mol. The van der Waals surface area contributed by atoms with Crippen molar-refractivity contribution in [3.63, 3.8) is 0 Å². The molecular weight excluding hydrogens is 448 g/mol. The molecule has 9 heteroatoms. The van der Waals surface area contributed by atoms with E-state index in [4.69, 9.17) is 20.8 Å². The van der Waals surface area contributed by atoms with Gasteiger partial charge in [0, 0.05) is 10.6 Å². The zero-order valence-corrected chi connectivity index (χ0v) is 18.9. The fourth-order valence-corrected chi connectivity index (χ4v) is 3.94. The minimum Gasteiger partial charge on any atom is -0.492 e. The number of benzene rings is 2. The summed E-state index contributed by atoms with van der Waals surface area (Å²) in [5, 5.41) is 12.8. The number of aromatic nitrogens is 3. The van der Waals surface area contributed by atoms with Gasteiger partial charge >= 0.3 is 0 Å². The molecule has 2 aromatic carbocycles. The molecule has 2 aromatic heterocycles. The van der Waals surface area contributed by atoms with E-state index < -0.39 is 0 Å². The first-order chi connectivity index (χ1) is 15.6. The summed E-state index contributed by atoms with van der Waals surface area (Å²) in [6, 6.07) is 18.4. The topological polar surface area (TPSA) is 82.2 Å². The van der Waals surface area contributed by atoms with E-state index >= 15 is 0 Å². The SMILES string of the molecule is CCOc1ccccc1NC(=O)CSc1nnc(-c2ccc(Cl)cc2)n1Cc1ccco1. The predicted octanol–water partition coefficient (Wildman–Crippen LogP) is 5.37. The Morgan fingerprint density at radius 2 is 1.94 bits per heavy atom. The van der Waals surface area contributed by atoms with Gasteiger partial charge in [0.05, 0.1) is 30.9 Å². The van der Waals surface area contributed by atoms with E-state index in [0.717, 1.165) is 11.3 Å². The number of para-hydroxylation sites is 2. The molecule has 4 rings (SSSR count). The molecule has 0 radical (unpaired) electrons. The van der Waals surface area contributed by atoms with E-state index in [2.05, 4.69) is 15.5 Å². The largest absolute Gasteiger partial charge is 0.492 e. The predicted molar refractivity (Wildman–Crippen MR) is 125 cm³/mol. The molecule has 0 bridgehead atoms. The van der Waals surface area contributed by atoms with Crippen LogP contribution < -0.4 is 10.1 Å². The normalized spacial score (nSPS) is 10.8. The summed E-state index contributed by atoms with van der Waals surface area (Å²) in [4.78, 5) is 12.6. The van der Waals surface area contributed by atoms with Crippen molar-refractivity contribution < 1.29 is 13.9 Å². The molecule has 0 aliphatic heterocycles. The Kier molecular flexibility index (Phi) is 7.14. The second-order valence-corrected chi connectivity index (χ2v) is 8.12. The average molecular weight is 469 g/mol. The Labute approximate surface area is 194 Å². The van der Waals surface area contributed by atoms with Crippen molar-refractivity contribution in [3.05, 3.63) is 77.7 Å². The summed E-state index contributed by atoms with van der Waals surface area (Å²) in [5.41, 5.74) is 1.51. The minimum absolute atomic E-state index is 0.164. The van der Waals surface area contributed by atoms with E-state index in [1.54, 1.807) is 18.4 Å². The molecule has 0 fully saturated rings. The Morgan fingerprint density at radius 1 is 1.12 bits per heavy atom. The van der Waals surface area contributed by atoms with Crippen molar-refractivity contribution in [3.8, 4) is 17.1 Å². The minimum atomic E-state index is -0.164. The van der Waals surface area contributed by atoms with Crippen molar-refractivity contribution in [1.82, 2.24) is 14.8 Å². The van der Waals surface area contributed by atoms with Crippen LogP contribution in [-0.4, -0.2) is 33.0 Å². The maximum Gasteiger partial charge on any atom is 0.234 e. The molecule has 0 aliphatic rings. The number of carbonyl (C=O) groups excluding carboxylic acids is 1. The molecule has 0 spiro atoms. The number of thioether (sulfide) groups is 1. The third kappa shape index (κ3) is 5.33. The molecule has 0 saturated heterocycles. The highest BCUT2D eigenvalue weighted by Gasteiger charge is 2.17. The van der Waals surface area contributed by atoms with Crippen molar-refractivity contribution in [2.75, 3.05) is 17.7 Å². The number of carbonyl (C=O) groups is 1. The molecule has 164 valence electrons. The number of rotatable bonds is 9. The van der Waals surface area contributed by atoms with Gasteiger partial charge < -0.3 is 14.5 Å². The molecule has 0 saturated carbocycles. The first-order valence-corrected chi connectivity index (χ1v) is 11.4. The third-order valence-electron chi connectivity index (χ3n) is 4.51. The lowest BCUT2D eigenvalue weighted by Crippen LogP contribution is -2.15. The van der Waals surface area contributed by atoms with E-state index in [0.29, 0.717) is 40.6 Å². The number of nitrogens with one attached hydrogen (secondary N) is 1. The molecular formula is C23H21ClN4O3S. The van der Waals surface area contributed by atoms with Gasteiger partial charge in [-0.3, -0.25) is 9.36 Å². The second-order valence-electron chi connectivity index (χ2n) is 6.74. The first kappa shape index (κ1) is 22.0. The Hall–Kier alpha value is -3.23. The molecule has 0 aliphatic carbocycles. The zero-order chi connectivity index (χ0) is 22.3. The first-order valence-electron chi connectivity index (χ1n) is 10.00. The number of anilines is 1. The number of ether oxygens (including phenoxy) is 1. The standard InChI is InChI=1S/C23H21ClN4O3S/c1-2-30-20-8-4-3-7-19(20)25-21(29)15-32-23-27-26-22(16-9-11-17(24)12-10-16)28(23)14-18-6-5-13-31-18/h3-13H,2,14-15H2,1H3,(H,25,29). The number of hydrogen-bond donors (Lipinski definition) is 1. The van der Waals surface area contributed by atoms with Gasteiger partial charge in [-0.05, 0) is 55.5 Å². The number of hydrogen-bond acceptors (Lipinski definition) is 6. The summed E-state index contributed by atoms with van der Waals surface area (Å²) in [5.74, 6) is 2.07. The number of nitrogens with zero attached hydrogens (tertiary/aromatic N) is 3. The van der Waals surface area contributed by atoms with Gasteiger partial charge in [0.15, 0.2) is 11.0 Å². The van der Waals surface area contributed by atoms with Gasteiger partial charge in [-0.1, -0.05) is 35.5 Å². The van der Waals surface area contributed by atoms with Crippen LogP contribution in [0, 0.1) is 0 Å². The molecule has 0 unspecified atom stereocenters. The van der Waals surface area contributed by atoms with Crippen LogP contribution in [0.25, 0.3) is 11.4 Å². The Balaban J connectivity index is 1.52. The Morgan fingerprint density at radius 3 is 2.69 bits per heavy atom. The highest BCUT2D eigenvalue weighted by molar-refractivity contribution is 7.99.